The van der Waals surface area contributed by atoms with E-state index in [4.69, 9.17) is 14.2 Å². The molecule has 0 saturated heterocycles. The molecule has 1 aromatic carbocycles. The predicted octanol–water partition coefficient (Wildman–Crippen LogP) is 5.32. The van der Waals surface area contributed by atoms with Crippen molar-refractivity contribution >= 4 is 11.9 Å². The van der Waals surface area contributed by atoms with Gasteiger partial charge in [0.2, 0.25) is 0 Å². The van der Waals surface area contributed by atoms with Gasteiger partial charge in [-0.3, -0.25) is 4.79 Å². The molecule has 28 heavy (non-hydrogen) atoms. The molecule has 5 nitrogen and oxygen atoms in total. The monoisotopic (exact) mass is 392 g/mol. The molecule has 0 radical (unpaired) electrons. The van der Waals surface area contributed by atoms with Crippen LogP contribution in [0.1, 0.15) is 81.5 Å². The van der Waals surface area contributed by atoms with Crippen molar-refractivity contribution in [1.29, 1.82) is 0 Å². The number of benzene rings is 1. The maximum atomic E-state index is 11.7. The highest BCUT2D eigenvalue weighted by Crippen LogP contribution is 2.10. The van der Waals surface area contributed by atoms with Gasteiger partial charge in [-0.05, 0) is 18.6 Å². The van der Waals surface area contributed by atoms with Crippen LogP contribution in [0.3, 0.4) is 0 Å². The molecular weight excluding hydrogens is 356 g/mol. The second kappa shape index (κ2) is 17.2. The third-order valence-electron chi connectivity index (χ3n) is 4.45. The normalized spacial score (nSPS) is 10.6. The third-order valence-corrected chi connectivity index (χ3v) is 4.45. The molecule has 0 saturated carbocycles. The fourth-order valence-electron chi connectivity index (χ4n) is 2.82. The summed E-state index contributed by atoms with van der Waals surface area (Å²) in [5, 5.41) is 0. The first kappa shape index (κ1) is 24.2. The Kier molecular flexibility index (Phi) is 14.9. The number of hydrogen-bond donors (Lipinski definition) is 0. The van der Waals surface area contributed by atoms with Gasteiger partial charge in [0, 0.05) is 6.42 Å². The van der Waals surface area contributed by atoms with Crippen LogP contribution in [0.5, 0.6) is 0 Å². The summed E-state index contributed by atoms with van der Waals surface area (Å²) in [7, 11) is 0. The second-order valence-electron chi connectivity index (χ2n) is 6.91. The largest absolute Gasteiger partial charge is 0.463 e. The highest BCUT2D eigenvalue weighted by atomic mass is 16.6. The third kappa shape index (κ3) is 13.3. The highest BCUT2D eigenvalue weighted by molar-refractivity contribution is 5.89. The van der Waals surface area contributed by atoms with Gasteiger partial charge in [-0.15, -0.1) is 0 Å². The Morgan fingerprint density at radius 3 is 1.93 bits per heavy atom. The number of unbranched alkanes of at least 4 members (excludes halogenated alkanes) is 8. The maximum absolute atomic E-state index is 11.7. The summed E-state index contributed by atoms with van der Waals surface area (Å²) in [5.41, 5.74) is 0.521. The van der Waals surface area contributed by atoms with Gasteiger partial charge >= 0.3 is 11.9 Å². The molecule has 0 unspecified atom stereocenters. The second-order valence-corrected chi connectivity index (χ2v) is 6.91. The van der Waals surface area contributed by atoms with E-state index in [9.17, 15) is 9.59 Å². The molecule has 5 heteroatoms. The van der Waals surface area contributed by atoms with Crippen molar-refractivity contribution in [2.45, 2.75) is 71.1 Å². The molecule has 0 fully saturated rings. The van der Waals surface area contributed by atoms with Crippen molar-refractivity contribution in [3.05, 3.63) is 35.9 Å². The standard InChI is InChI=1S/C23H36O5/c1-2-3-4-5-6-7-8-9-13-16-22(24)27-19-17-26-18-20-28-23(25)21-14-11-10-12-15-21/h10-12,14-15H,2-9,13,16-20H2,1H3. The Balaban J connectivity index is 1.84. The molecule has 1 aromatic rings. The summed E-state index contributed by atoms with van der Waals surface area (Å²) in [5.74, 6) is -0.529. The van der Waals surface area contributed by atoms with Crippen LogP contribution in [-0.2, 0) is 19.0 Å². The Labute approximate surface area is 169 Å². The molecule has 0 amide bonds. The van der Waals surface area contributed by atoms with Gasteiger partial charge < -0.3 is 14.2 Å². The zero-order valence-corrected chi connectivity index (χ0v) is 17.3. The number of carbonyl (C=O) groups is 2. The Morgan fingerprint density at radius 1 is 0.714 bits per heavy atom. The fourth-order valence-corrected chi connectivity index (χ4v) is 2.82. The maximum Gasteiger partial charge on any atom is 0.338 e. The van der Waals surface area contributed by atoms with E-state index in [1.807, 2.05) is 6.07 Å². The van der Waals surface area contributed by atoms with Gasteiger partial charge in [0.05, 0.1) is 18.8 Å². The topological polar surface area (TPSA) is 61.8 Å². The summed E-state index contributed by atoms with van der Waals surface area (Å²) in [4.78, 5) is 23.3. The molecule has 0 aromatic heterocycles. The van der Waals surface area contributed by atoms with Crippen molar-refractivity contribution in [2.24, 2.45) is 0 Å². The molecule has 0 aliphatic carbocycles. The first-order valence-electron chi connectivity index (χ1n) is 10.7. The van der Waals surface area contributed by atoms with Crippen LogP contribution in [0, 0.1) is 0 Å². The Morgan fingerprint density at radius 2 is 1.29 bits per heavy atom. The van der Waals surface area contributed by atoms with E-state index in [1.165, 1.54) is 44.9 Å². The predicted molar refractivity (Wildman–Crippen MR) is 110 cm³/mol. The summed E-state index contributed by atoms with van der Waals surface area (Å²) in [6.07, 6.45) is 11.5. The minimum absolute atomic E-state index is 0.165. The van der Waals surface area contributed by atoms with Gasteiger partial charge in [0.25, 0.3) is 0 Å². The van der Waals surface area contributed by atoms with Gasteiger partial charge in [0.15, 0.2) is 0 Å². The van der Waals surface area contributed by atoms with Gasteiger partial charge in [-0.1, -0.05) is 76.5 Å². The molecule has 0 aliphatic heterocycles. The summed E-state index contributed by atoms with van der Waals surface area (Å²) in [6, 6.07) is 8.83. The van der Waals surface area contributed by atoms with Crippen LogP contribution in [0.25, 0.3) is 0 Å². The zero-order chi connectivity index (χ0) is 20.3. The van der Waals surface area contributed by atoms with E-state index in [1.54, 1.807) is 24.3 Å². The Hall–Kier alpha value is -1.88. The number of rotatable bonds is 17. The number of esters is 2. The van der Waals surface area contributed by atoms with Crippen LogP contribution in [0.2, 0.25) is 0 Å². The minimum atomic E-state index is -0.364. The van der Waals surface area contributed by atoms with Crippen LogP contribution in [0.15, 0.2) is 30.3 Å². The molecular formula is C23H36O5. The number of hydrogen-bond acceptors (Lipinski definition) is 5. The molecule has 158 valence electrons. The number of carbonyl (C=O) groups excluding carboxylic acids is 2. The lowest BCUT2D eigenvalue weighted by Gasteiger charge is -2.07. The van der Waals surface area contributed by atoms with Crippen molar-refractivity contribution in [3.63, 3.8) is 0 Å². The van der Waals surface area contributed by atoms with Crippen molar-refractivity contribution < 1.29 is 23.8 Å². The lowest BCUT2D eigenvalue weighted by molar-refractivity contribution is -0.145. The average molecular weight is 393 g/mol. The highest BCUT2D eigenvalue weighted by Gasteiger charge is 2.05. The molecule has 1 rings (SSSR count). The molecule has 0 spiro atoms. The van der Waals surface area contributed by atoms with E-state index in [0.29, 0.717) is 18.6 Å². The van der Waals surface area contributed by atoms with E-state index < -0.39 is 0 Å². The minimum Gasteiger partial charge on any atom is -0.463 e. The SMILES string of the molecule is CCCCCCCCCCCC(=O)OCCOCCOC(=O)c1ccccc1. The van der Waals surface area contributed by atoms with Crippen LogP contribution in [0.4, 0.5) is 0 Å². The molecule has 0 atom stereocenters. The summed E-state index contributed by atoms with van der Waals surface area (Å²) < 4.78 is 15.5. The molecule has 0 aliphatic rings. The molecule has 0 bridgehead atoms. The molecule has 0 N–H and O–H groups in total. The zero-order valence-electron chi connectivity index (χ0n) is 17.3. The van der Waals surface area contributed by atoms with Crippen molar-refractivity contribution in [2.75, 3.05) is 26.4 Å². The lowest BCUT2D eigenvalue weighted by Crippen LogP contribution is -2.14. The Bertz CT molecular complexity index is 515. The first-order valence-corrected chi connectivity index (χ1v) is 10.7. The van der Waals surface area contributed by atoms with Gasteiger partial charge in [-0.25, -0.2) is 4.79 Å². The average Bonchev–Trinajstić information content (AvgIpc) is 2.72. The van der Waals surface area contributed by atoms with Crippen LogP contribution in [-0.4, -0.2) is 38.4 Å². The molecule has 0 heterocycles. The summed E-state index contributed by atoms with van der Waals surface area (Å²) >= 11 is 0. The van der Waals surface area contributed by atoms with E-state index in [-0.39, 0.29) is 31.8 Å². The summed E-state index contributed by atoms with van der Waals surface area (Å²) in [6.45, 7) is 3.25. The number of ether oxygens (including phenoxy) is 3. The van der Waals surface area contributed by atoms with E-state index in [0.717, 1.165) is 12.8 Å². The lowest BCUT2D eigenvalue weighted by atomic mass is 10.1. The van der Waals surface area contributed by atoms with Gasteiger partial charge in [-0.2, -0.15) is 0 Å². The van der Waals surface area contributed by atoms with Crippen LogP contribution >= 0.6 is 0 Å². The quantitative estimate of drug-likeness (QED) is 0.265. The van der Waals surface area contributed by atoms with E-state index in [2.05, 4.69) is 6.92 Å². The smallest absolute Gasteiger partial charge is 0.338 e. The van der Waals surface area contributed by atoms with Crippen molar-refractivity contribution in [1.82, 2.24) is 0 Å². The first-order chi connectivity index (χ1) is 13.7. The van der Waals surface area contributed by atoms with Crippen molar-refractivity contribution in [3.8, 4) is 0 Å². The van der Waals surface area contributed by atoms with Crippen LogP contribution < -0.4 is 0 Å². The van der Waals surface area contributed by atoms with Gasteiger partial charge in [0.1, 0.15) is 13.2 Å². The van der Waals surface area contributed by atoms with E-state index >= 15 is 0 Å². The fraction of sp³-hybridized carbons (Fsp3) is 0.652.